The smallest absolute Gasteiger partial charge is 0.311 e. The predicted octanol–water partition coefficient (Wildman–Crippen LogP) is 0.718. The molecule has 0 saturated carbocycles. The van der Waals surface area contributed by atoms with Crippen molar-refractivity contribution in [1.29, 1.82) is 0 Å². The molecule has 0 radical (unpaired) electrons. The van der Waals surface area contributed by atoms with Gasteiger partial charge in [-0.15, -0.1) is 0 Å². The molecule has 1 amide bonds. The van der Waals surface area contributed by atoms with Gasteiger partial charge in [0.2, 0.25) is 5.91 Å². The van der Waals surface area contributed by atoms with Crippen molar-refractivity contribution in [2.24, 2.45) is 5.10 Å². The fraction of sp³-hybridized carbons (Fsp3) is 0.143. The first-order valence-corrected chi connectivity index (χ1v) is 6.73. The highest BCUT2D eigenvalue weighted by atomic mass is 35.5. The minimum atomic E-state index is -0.608. The molecule has 0 aliphatic carbocycles. The largest absolute Gasteiger partial charge is 0.325 e. The molecule has 0 unspecified atom stereocenters. The molecule has 2 rings (SSSR count). The summed E-state index contributed by atoms with van der Waals surface area (Å²) in [5, 5.41) is 4.29. The SMILES string of the molecule is Cc1[nH]c(=O)[nH]c(=O)c1CC(=O)N/N=C\c1ccccc1Cl. The minimum Gasteiger partial charge on any atom is -0.311 e. The quantitative estimate of drug-likeness (QED) is 0.570. The highest BCUT2D eigenvalue weighted by Gasteiger charge is 2.10. The molecule has 22 heavy (non-hydrogen) atoms. The molecule has 0 aliphatic heterocycles. The van der Waals surface area contributed by atoms with Gasteiger partial charge in [0.15, 0.2) is 0 Å². The molecule has 0 spiro atoms. The molecule has 1 aromatic carbocycles. The molecule has 8 heteroatoms. The van der Waals surface area contributed by atoms with Crippen molar-refractivity contribution in [3.8, 4) is 0 Å². The topological polar surface area (TPSA) is 107 Å². The first kappa shape index (κ1) is 15.7. The zero-order chi connectivity index (χ0) is 16.1. The lowest BCUT2D eigenvalue weighted by Gasteiger charge is -2.03. The summed E-state index contributed by atoms with van der Waals surface area (Å²) in [5.41, 5.74) is 2.29. The highest BCUT2D eigenvalue weighted by Crippen LogP contribution is 2.11. The number of rotatable bonds is 4. The number of H-pyrrole nitrogens is 2. The second kappa shape index (κ2) is 6.86. The molecule has 0 aliphatic rings. The number of amides is 1. The number of aromatic amines is 2. The van der Waals surface area contributed by atoms with Crippen LogP contribution in [0.4, 0.5) is 0 Å². The maximum Gasteiger partial charge on any atom is 0.325 e. The van der Waals surface area contributed by atoms with Crippen LogP contribution in [0.25, 0.3) is 0 Å². The highest BCUT2D eigenvalue weighted by molar-refractivity contribution is 6.33. The number of benzene rings is 1. The number of hydrazone groups is 1. The van der Waals surface area contributed by atoms with Crippen LogP contribution in [0.1, 0.15) is 16.8 Å². The number of hydrogen-bond donors (Lipinski definition) is 3. The van der Waals surface area contributed by atoms with Gasteiger partial charge in [0.1, 0.15) is 0 Å². The standard InChI is InChI=1S/C14H13ClN4O3/c1-8-10(13(21)18-14(22)17-8)6-12(20)19-16-7-9-4-2-3-5-11(9)15/h2-5,7H,6H2,1H3,(H,19,20)(H2,17,18,21,22)/b16-7-. The first-order chi connectivity index (χ1) is 10.5. The van der Waals surface area contributed by atoms with Crippen molar-refractivity contribution in [1.82, 2.24) is 15.4 Å². The molecule has 1 aromatic heterocycles. The van der Waals surface area contributed by atoms with Gasteiger partial charge in [-0.3, -0.25) is 14.6 Å². The summed E-state index contributed by atoms with van der Waals surface area (Å²) < 4.78 is 0. The molecule has 0 fully saturated rings. The molecule has 2 aromatic rings. The normalized spacial score (nSPS) is 10.8. The maximum absolute atomic E-state index is 11.8. The number of carbonyl (C=O) groups is 1. The Labute approximate surface area is 130 Å². The Bertz CT molecular complexity index is 838. The van der Waals surface area contributed by atoms with E-state index in [0.29, 0.717) is 16.3 Å². The molecular formula is C14H13ClN4O3. The van der Waals surface area contributed by atoms with Gasteiger partial charge in [0, 0.05) is 21.8 Å². The number of nitrogens with one attached hydrogen (secondary N) is 3. The Morgan fingerprint density at radius 2 is 2.05 bits per heavy atom. The third kappa shape index (κ3) is 3.92. The third-order valence-electron chi connectivity index (χ3n) is 2.89. The number of aromatic nitrogens is 2. The van der Waals surface area contributed by atoms with Gasteiger partial charge in [-0.25, -0.2) is 10.2 Å². The molecule has 0 atom stereocenters. The summed E-state index contributed by atoms with van der Waals surface area (Å²) in [6.07, 6.45) is 1.21. The van der Waals surface area contributed by atoms with Crippen LogP contribution < -0.4 is 16.7 Å². The van der Waals surface area contributed by atoms with Gasteiger partial charge in [-0.1, -0.05) is 29.8 Å². The first-order valence-electron chi connectivity index (χ1n) is 6.36. The van der Waals surface area contributed by atoms with Gasteiger partial charge < -0.3 is 4.98 Å². The van der Waals surface area contributed by atoms with Gasteiger partial charge in [0.25, 0.3) is 5.56 Å². The minimum absolute atomic E-state index is 0.185. The zero-order valence-electron chi connectivity index (χ0n) is 11.6. The molecule has 7 nitrogen and oxygen atoms in total. The number of aryl methyl sites for hydroxylation is 1. The second-order valence-corrected chi connectivity index (χ2v) is 4.91. The van der Waals surface area contributed by atoms with E-state index in [1.807, 2.05) is 0 Å². The van der Waals surface area contributed by atoms with E-state index in [4.69, 9.17) is 11.6 Å². The van der Waals surface area contributed by atoms with Gasteiger partial charge in [0.05, 0.1) is 12.6 Å². The lowest BCUT2D eigenvalue weighted by atomic mass is 10.1. The van der Waals surface area contributed by atoms with E-state index in [-0.39, 0.29) is 12.0 Å². The van der Waals surface area contributed by atoms with Crippen LogP contribution in [0, 0.1) is 6.92 Å². The number of carbonyl (C=O) groups excluding carboxylic acids is 1. The average molecular weight is 321 g/mol. The summed E-state index contributed by atoms with van der Waals surface area (Å²) in [6, 6.07) is 7.02. The summed E-state index contributed by atoms with van der Waals surface area (Å²) in [4.78, 5) is 39.0. The molecule has 0 saturated heterocycles. The Morgan fingerprint density at radius 1 is 1.32 bits per heavy atom. The van der Waals surface area contributed by atoms with Crippen LogP contribution in [0.5, 0.6) is 0 Å². The van der Waals surface area contributed by atoms with Crippen molar-refractivity contribution in [2.45, 2.75) is 13.3 Å². The van der Waals surface area contributed by atoms with Gasteiger partial charge in [-0.2, -0.15) is 5.10 Å². The molecule has 0 bridgehead atoms. The molecule has 3 N–H and O–H groups in total. The van der Waals surface area contributed by atoms with Crippen LogP contribution in [0.3, 0.4) is 0 Å². The van der Waals surface area contributed by atoms with Crippen molar-refractivity contribution < 1.29 is 4.79 Å². The number of hydrogen-bond acceptors (Lipinski definition) is 4. The summed E-state index contributed by atoms with van der Waals surface area (Å²) >= 11 is 5.94. The zero-order valence-corrected chi connectivity index (χ0v) is 12.4. The number of halogens is 1. The van der Waals surface area contributed by atoms with E-state index in [0.717, 1.165) is 0 Å². The van der Waals surface area contributed by atoms with Crippen LogP contribution in [0.2, 0.25) is 5.02 Å². The van der Waals surface area contributed by atoms with E-state index in [1.54, 1.807) is 31.2 Å². The van der Waals surface area contributed by atoms with Crippen molar-refractivity contribution in [2.75, 3.05) is 0 Å². The van der Waals surface area contributed by atoms with E-state index in [9.17, 15) is 14.4 Å². The predicted molar refractivity (Wildman–Crippen MR) is 83.3 cm³/mol. The van der Waals surface area contributed by atoms with Crippen molar-refractivity contribution in [3.05, 3.63) is 66.9 Å². The summed E-state index contributed by atoms with van der Waals surface area (Å²) in [6.45, 7) is 1.55. The van der Waals surface area contributed by atoms with Crippen LogP contribution in [-0.4, -0.2) is 22.1 Å². The fourth-order valence-corrected chi connectivity index (χ4v) is 1.98. The van der Waals surface area contributed by atoms with E-state index >= 15 is 0 Å². The second-order valence-electron chi connectivity index (χ2n) is 4.50. The van der Waals surface area contributed by atoms with E-state index in [1.165, 1.54) is 6.21 Å². The summed E-state index contributed by atoms with van der Waals surface area (Å²) in [7, 11) is 0. The van der Waals surface area contributed by atoms with E-state index < -0.39 is 17.2 Å². The van der Waals surface area contributed by atoms with Crippen molar-refractivity contribution >= 4 is 23.7 Å². The Kier molecular flexibility index (Phi) is 4.90. The third-order valence-corrected chi connectivity index (χ3v) is 3.23. The molecular weight excluding hydrogens is 308 g/mol. The van der Waals surface area contributed by atoms with Crippen LogP contribution >= 0.6 is 11.6 Å². The average Bonchev–Trinajstić information content (AvgIpc) is 2.45. The molecule has 1 heterocycles. The number of nitrogens with zero attached hydrogens (tertiary/aromatic N) is 1. The summed E-state index contributed by atoms with van der Waals surface area (Å²) in [5.74, 6) is -0.482. The van der Waals surface area contributed by atoms with Crippen LogP contribution in [0.15, 0.2) is 39.0 Å². The lowest BCUT2D eigenvalue weighted by molar-refractivity contribution is -0.120. The Hall–Kier alpha value is -2.67. The Morgan fingerprint density at radius 3 is 2.73 bits per heavy atom. The van der Waals surface area contributed by atoms with Gasteiger partial charge in [-0.05, 0) is 13.0 Å². The fourth-order valence-electron chi connectivity index (χ4n) is 1.79. The lowest BCUT2D eigenvalue weighted by Crippen LogP contribution is -2.30. The van der Waals surface area contributed by atoms with E-state index in [2.05, 4.69) is 20.5 Å². The Balaban J connectivity index is 2.04. The monoisotopic (exact) mass is 320 g/mol. The molecule has 114 valence electrons. The van der Waals surface area contributed by atoms with Crippen molar-refractivity contribution in [3.63, 3.8) is 0 Å². The van der Waals surface area contributed by atoms with Crippen LogP contribution in [-0.2, 0) is 11.2 Å². The van der Waals surface area contributed by atoms with Gasteiger partial charge >= 0.3 is 5.69 Å². The maximum atomic E-state index is 11.8.